The molecule has 6 heteroatoms. The lowest BCUT2D eigenvalue weighted by Crippen LogP contribution is -2.57. The van der Waals surface area contributed by atoms with Gasteiger partial charge >= 0.3 is 0 Å². The highest BCUT2D eigenvalue weighted by Crippen LogP contribution is 2.40. The van der Waals surface area contributed by atoms with Crippen LogP contribution in [0.1, 0.15) is 25.3 Å². The number of hydrogen-bond acceptors (Lipinski definition) is 5. The average Bonchev–Trinajstić information content (AvgIpc) is 2.69. The molecule has 1 saturated heterocycles. The summed E-state index contributed by atoms with van der Waals surface area (Å²) in [5.41, 5.74) is 5.55. The van der Waals surface area contributed by atoms with Crippen LogP contribution in [0.3, 0.4) is 0 Å². The van der Waals surface area contributed by atoms with Crippen LogP contribution in [-0.4, -0.2) is 28.9 Å². The first-order chi connectivity index (χ1) is 7.87. The van der Waals surface area contributed by atoms with Gasteiger partial charge in [-0.2, -0.15) is 0 Å². The first-order valence-corrected chi connectivity index (χ1v) is 7.48. The van der Waals surface area contributed by atoms with Crippen LogP contribution in [0, 0.1) is 9.62 Å². The molecule has 1 aromatic heterocycles. The molecule has 4 nitrogen and oxygen atoms in total. The molecule has 1 fully saturated rings. The summed E-state index contributed by atoms with van der Waals surface area (Å²) in [6.07, 6.45) is 0.746. The Kier molecular flexibility index (Phi) is 3.80. The summed E-state index contributed by atoms with van der Waals surface area (Å²) in [5, 5.41) is 12.4. The maximum Gasteiger partial charge on any atom is 0.116 e. The fourth-order valence-corrected chi connectivity index (χ4v) is 3.84. The van der Waals surface area contributed by atoms with Crippen molar-refractivity contribution in [2.24, 2.45) is 11.7 Å². The normalized spacial score (nSPS) is 32.6. The fraction of sp³-hybridized carbons (Fsp3) is 0.727. The largest absolute Gasteiger partial charge is 0.396 e. The molecule has 2 heterocycles. The van der Waals surface area contributed by atoms with E-state index < -0.39 is 5.54 Å². The van der Waals surface area contributed by atoms with Gasteiger partial charge in [-0.15, -0.1) is 11.3 Å². The van der Waals surface area contributed by atoms with E-state index in [2.05, 4.69) is 27.6 Å². The van der Waals surface area contributed by atoms with E-state index in [1.54, 1.807) is 0 Å². The quantitative estimate of drug-likeness (QED) is 0.780. The molecule has 0 unspecified atom stereocenters. The molecule has 1 aromatic rings. The van der Waals surface area contributed by atoms with Crippen LogP contribution in [0.15, 0.2) is 5.38 Å². The summed E-state index contributed by atoms with van der Waals surface area (Å²) in [6, 6.07) is 0. The van der Waals surface area contributed by atoms with Gasteiger partial charge in [-0.1, -0.05) is 0 Å². The van der Waals surface area contributed by atoms with Crippen LogP contribution in [0.4, 0.5) is 0 Å². The van der Waals surface area contributed by atoms with E-state index in [1.807, 2.05) is 19.2 Å². The zero-order valence-electron chi connectivity index (χ0n) is 9.94. The van der Waals surface area contributed by atoms with Crippen molar-refractivity contribution >= 4 is 33.9 Å². The van der Waals surface area contributed by atoms with E-state index in [0.717, 1.165) is 15.1 Å². The van der Waals surface area contributed by atoms with E-state index >= 15 is 0 Å². The molecule has 0 spiro atoms. The number of thiazole rings is 1. The number of nitrogens with zero attached hydrogens (tertiary/aromatic N) is 1. The van der Waals surface area contributed by atoms with Gasteiger partial charge in [0.25, 0.3) is 0 Å². The Bertz CT molecular complexity index is 410. The molecular weight excluding hydrogens is 351 g/mol. The predicted octanol–water partition coefficient (Wildman–Crippen LogP) is 1.71. The maximum atomic E-state index is 9.57. The first-order valence-electron chi connectivity index (χ1n) is 5.52. The van der Waals surface area contributed by atoms with E-state index in [4.69, 9.17) is 10.5 Å². The van der Waals surface area contributed by atoms with Crippen molar-refractivity contribution in [1.82, 2.24) is 4.98 Å². The number of rotatable bonds is 2. The van der Waals surface area contributed by atoms with Crippen LogP contribution in [0.5, 0.6) is 0 Å². The molecule has 2 rings (SSSR count). The second kappa shape index (κ2) is 4.73. The molecule has 0 radical (unpaired) electrons. The van der Waals surface area contributed by atoms with E-state index in [1.165, 1.54) is 11.3 Å². The Labute approximate surface area is 119 Å². The Morgan fingerprint density at radius 1 is 1.71 bits per heavy atom. The fourth-order valence-electron chi connectivity index (χ4n) is 2.20. The molecule has 0 aromatic carbocycles. The van der Waals surface area contributed by atoms with Crippen LogP contribution in [0.2, 0.25) is 0 Å². The lowest BCUT2D eigenvalue weighted by molar-refractivity contribution is -0.124. The third-order valence-corrected chi connectivity index (χ3v) is 5.27. The summed E-state index contributed by atoms with van der Waals surface area (Å²) in [4.78, 5) is 4.44. The standard InChI is InChI=1S/C11H17IN2O2S/c1-10(2)3-7(4-15)11(13,6-16-10)9-14-8(12)5-17-9/h5,7,15H,3-4,6,13H2,1-2H3/t7-,11-/m0/s1. The second-order valence-electron chi connectivity index (χ2n) is 5.15. The molecule has 3 N–H and O–H groups in total. The van der Waals surface area contributed by atoms with Gasteiger partial charge in [0.15, 0.2) is 0 Å². The van der Waals surface area contributed by atoms with Gasteiger partial charge in [-0.25, -0.2) is 4.98 Å². The summed E-state index contributed by atoms with van der Waals surface area (Å²) in [6.45, 7) is 4.54. The third kappa shape index (κ3) is 2.65. The van der Waals surface area contributed by atoms with Crippen molar-refractivity contribution in [3.8, 4) is 0 Å². The lowest BCUT2D eigenvalue weighted by atomic mass is 9.76. The molecule has 96 valence electrons. The van der Waals surface area contributed by atoms with E-state index in [0.29, 0.717) is 6.61 Å². The smallest absolute Gasteiger partial charge is 0.116 e. The average molecular weight is 368 g/mol. The summed E-state index contributed by atoms with van der Waals surface area (Å²) in [5.74, 6) is -0.00630. The number of halogens is 1. The maximum absolute atomic E-state index is 9.57. The second-order valence-corrected chi connectivity index (χ2v) is 7.11. The van der Waals surface area contributed by atoms with Gasteiger partial charge in [0.2, 0.25) is 0 Å². The molecule has 0 saturated carbocycles. The van der Waals surface area contributed by atoms with Crippen molar-refractivity contribution in [3.63, 3.8) is 0 Å². The summed E-state index contributed by atoms with van der Waals surface area (Å²) >= 11 is 3.71. The number of ether oxygens (including phenoxy) is 1. The number of aromatic nitrogens is 1. The molecule has 17 heavy (non-hydrogen) atoms. The summed E-state index contributed by atoms with van der Waals surface area (Å²) in [7, 11) is 0. The van der Waals surface area contributed by atoms with Gasteiger partial charge < -0.3 is 15.6 Å². The lowest BCUT2D eigenvalue weighted by Gasteiger charge is -2.45. The molecule has 0 aliphatic carbocycles. The molecule has 0 bridgehead atoms. The Balaban J connectivity index is 2.30. The highest BCUT2D eigenvalue weighted by atomic mass is 127. The Morgan fingerprint density at radius 2 is 2.41 bits per heavy atom. The number of aliphatic hydroxyl groups excluding tert-OH is 1. The third-order valence-electron chi connectivity index (χ3n) is 3.26. The zero-order valence-corrected chi connectivity index (χ0v) is 12.9. The molecular formula is C11H17IN2O2S. The van der Waals surface area contributed by atoms with Crippen LogP contribution < -0.4 is 5.73 Å². The number of aliphatic hydroxyl groups is 1. The molecule has 0 amide bonds. The van der Waals surface area contributed by atoms with Crippen molar-refractivity contribution in [2.75, 3.05) is 13.2 Å². The minimum atomic E-state index is -0.654. The Morgan fingerprint density at radius 3 is 2.94 bits per heavy atom. The number of hydrogen-bond donors (Lipinski definition) is 2. The Hall–Kier alpha value is 0.240. The predicted molar refractivity (Wildman–Crippen MR) is 75.9 cm³/mol. The van der Waals surface area contributed by atoms with Crippen molar-refractivity contribution in [2.45, 2.75) is 31.4 Å². The van der Waals surface area contributed by atoms with Crippen molar-refractivity contribution in [1.29, 1.82) is 0 Å². The van der Waals surface area contributed by atoms with Crippen molar-refractivity contribution in [3.05, 3.63) is 14.1 Å². The monoisotopic (exact) mass is 368 g/mol. The first kappa shape index (κ1) is 13.7. The van der Waals surface area contributed by atoms with Crippen LogP contribution in [-0.2, 0) is 10.3 Å². The van der Waals surface area contributed by atoms with Crippen LogP contribution >= 0.6 is 33.9 Å². The van der Waals surface area contributed by atoms with Gasteiger partial charge in [0, 0.05) is 17.9 Å². The van der Waals surface area contributed by atoms with Gasteiger partial charge in [0.1, 0.15) is 8.71 Å². The molecule has 1 aliphatic rings. The molecule has 1 aliphatic heterocycles. The van der Waals surface area contributed by atoms with E-state index in [-0.39, 0.29) is 18.1 Å². The highest BCUT2D eigenvalue weighted by Gasteiger charge is 2.47. The minimum absolute atomic E-state index is 0.00630. The summed E-state index contributed by atoms with van der Waals surface area (Å²) < 4.78 is 6.74. The highest BCUT2D eigenvalue weighted by molar-refractivity contribution is 14.1. The van der Waals surface area contributed by atoms with Gasteiger partial charge in [0.05, 0.1) is 17.7 Å². The van der Waals surface area contributed by atoms with Crippen molar-refractivity contribution < 1.29 is 9.84 Å². The minimum Gasteiger partial charge on any atom is -0.396 e. The topological polar surface area (TPSA) is 68.4 Å². The molecule has 2 atom stereocenters. The van der Waals surface area contributed by atoms with Gasteiger partial charge in [-0.3, -0.25) is 0 Å². The number of nitrogens with two attached hydrogens (primary N) is 1. The van der Waals surface area contributed by atoms with E-state index in [9.17, 15) is 5.11 Å². The SMILES string of the molecule is CC1(C)C[C@@H](CO)[C@](N)(c2nc(I)cs2)CO1. The van der Waals surface area contributed by atoms with Gasteiger partial charge in [-0.05, 0) is 42.9 Å². The van der Waals surface area contributed by atoms with Crippen LogP contribution in [0.25, 0.3) is 0 Å². The zero-order chi connectivity index (χ0) is 12.7.